The molecule has 4 rings (SSSR count). The fraction of sp³-hybridized carbons (Fsp3) is 0.150. The molecule has 0 atom stereocenters. The van der Waals surface area contributed by atoms with Gasteiger partial charge in [-0.3, -0.25) is 0 Å². The normalized spacial score (nSPS) is 13.8. The van der Waals surface area contributed by atoms with Crippen LogP contribution >= 0.6 is 0 Å². The Bertz CT molecular complexity index is 1020. The number of hydrogen-bond acceptors (Lipinski definition) is 0. The number of allylic oxidation sites excluding steroid dienone is 4. The summed E-state index contributed by atoms with van der Waals surface area (Å²) >= 11 is 0. The summed E-state index contributed by atoms with van der Waals surface area (Å²) < 4.78 is 0. The van der Waals surface area contributed by atoms with Crippen molar-refractivity contribution in [2.24, 2.45) is 0 Å². The van der Waals surface area contributed by atoms with E-state index in [2.05, 4.69) is 73.8 Å². The molecule has 2 aromatic carbocycles. The van der Waals surface area contributed by atoms with Crippen LogP contribution < -0.4 is 5.22 Å². The van der Waals surface area contributed by atoms with Crippen LogP contribution in [0, 0.1) is 15.3 Å². The second-order valence-corrected chi connectivity index (χ2v) is 8.44. The molecule has 2 aromatic rings. The first-order valence-corrected chi connectivity index (χ1v) is 9.96. The summed E-state index contributed by atoms with van der Waals surface area (Å²) in [6, 6.07) is 13.3. The minimum atomic E-state index is -0.494. The molecule has 0 unspecified atom stereocenters. The van der Waals surface area contributed by atoms with Crippen molar-refractivity contribution in [1.82, 2.24) is 0 Å². The maximum atomic E-state index is 3.67. The summed E-state index contributed by atoms with van der Waals surface area (Å²) in [4.78, 5) is 1.54. The SMILES string of the molecule is C[Si](C)=c1ccc2c(c1C1=CC=CC1)[C-]=c1ccccc1=2.[V]. The molecule has 2 aliphatic rings. The van der Waals surface area contributed by atoms with E-state index in [0.717, 1.165) is 6.42 Å². The summed E-state index contributed by atoms with van der Waals surface area (Å²) in [7, 11) is -0.494. The zero-order chi connectivity index (χ0) is 14.4. The van der Waals surface area contributed by atoms with Crippen LogP contribution in [0.25, 0.3) is 11.6 Å². The predicted molar refractivity (Wildman–Crippen MR) is 90.7 cm³/mol. The van der Waals surface area contributed by atoms with Gasteiger partial charge in [0, 0.05) is 27.0 Å². The van der Waals surface area contributed by atoms with Gasteiger partial charge in [-0.2, -0.15) is 0 Å². The second-order valence-electron chi connectivity index (χ2n) is 5.91. The Hall–Kier alpha value is -1.41. The second kappa shape index (κ2) is 6.00. The van der Waals surface area contributed by atoms with Gasteiger partial charge in [-0.15, -0.1) is 33.4 Å². The van der Waals surface area contributed by atoms with E-state index < -0.39 is 8.41 Å². The predicted octanol–water partition coefficient (Wildman–Crippen LogP) is 3.92. The minimum Gasteiger partial charge on any atom is -0.123 e. The fourth-order valence-electron chi connectivity index (χ4n) is 3.30. The molecule has 0 saturated heterocycles. The maximum absolute atomic E-state index is 3.67. The maximum Gasteiger partial charge on any atom is 0.00379 e. The number of hydrogen-bond donors (Lipinski definition) is 0. The molecule has 0 fully saturated rings. The average molecular weight is 336 g/mol. The smallest absolute Gasteiger partial charge is 0.00379 e. The number of fused-ring (bicyclic) bond motifs is 2. The van der Waals surface area contributed by atoms with Gasteiger partial charge < -0.3 is 0 Å². The van der Waals surface area contributed by atoms with Crippen molar-refractivity contribution in [2.75, 3.05) is 0 Å². The topological polar surface area (TPSA) is 0 Å². The largest absolute Gasteiger partial charge is 0.123 e. The summed E-state index contributed by atoms with van der Waals surface area (Å²) in [5.74, 6) is 0. The molecule has 0 N–H and O–H groups in total. The average Bonchev–Trinajstić information content (AvgIpc) is 3.13. The van der Waals surface area contributed by atoms with E-state index in [1.54, 1.807) is 0 Å². The molecule has 0 amide bonds. The molecular formula is C20H17SiV-. The molecule has 22 heavy (non-hydrogen) atoms. The Balaban J connectivity index is 0.00000144. The summed E-state index contributed by atoms with van der Waals surface area (Å²) in [6.45, 7) is 4.75. The molecule has 2 aliphatic carbocycles. The van der Waals surface area contributed by atoms with Crippen molar-refractivity contribution in [3.05, 3.63) is 86.2 Å². The van der Waals surface area contributed by atoms with Gasteiger partial charge in [-0.1, -0.05) is 77.6 Å². The van der Waals surface area contributed by atoms with Crippen LogP contribution in [0.3, 0.4) is 0 Å². The van der Waals surface area contributed by atoms with Crippen molar-refractivity contribution < 1.29 is 18.6 Å². The third-order valence-electron chi connectivity index (χ3n) is 4.31. The summed E-state index contributed by atoms with van der Waals surface area (Å²) in [5, 5.41) is 3.91. The minimum absolute atomic E-state index is 0. The molecule has 0 aliphatic heterocycles. The Labute approximate surface area is 144 Å². The molecule has 0 nitrogen and oxygen atoms in total. The zero-order valence-electron chi connectivity index (χ0n) is 12.9. The van der Waals surface area contributed by atoms with Crippen LogP contribution in [0.1, 0.15) is 17.5 Å². The fourth-order valence-corrected chi connectivity index (χ4v) is 4.50. The van der Waals surface area contributed by atoms with Crippen LogP contribution in [-0.2, 0) is 18.6 Å². The molecule has 107 valence electrons. The van der Waals surface area contributed by atoms with Crippen LogP contribution in [0.15, 0.2) is 54.6 Å². The van der Waals surface area contributed by atoms with Gasteiger partial charge in [0.2, 0.25) is 0 Å². The summed E-state index contributed by atoms with van der Waals surface area (Å²) in [6.07, 6.45) is 11.4. The van der Waals surface area contributed by atoms with Crippen molar-refractivity contribution in [3.8, 4) is 0 Å². The van der Waals surface area contributed by atoms with Crippen LogP contribution in [0.2, 0.25) is 13.1 Å². The van der Waals surface area contributed by atoms with Crippen LogP contribution in [-0.4, -0.2) is 8.41 Å². The van der Waals surface area contributed by atoms with Crippen molar-refractivity contribution in [2.45, 2.75) is 19.5 Å². The Morgan fingerprint density at radius 3 is 2.55 bits per heavy atom. The first-order valence-electron chi connectivity index (χ1n) is 7.46. The molecule has 0 bridgehead atoms. The Kier molecular flexibility index (Phi) is 4.22. The van der Waals surface area contributed by atoms with E-state index in [1.165, 1.54) is 37.2 Å². The molecular weight excluding hydrogens is 319 g/mol. The molecule has 0 aromatic heterocycles. The standard InChI is InChI=1S/C20H17Si.V/c1-21(2)19-12-11-17-16-10-6-5-9-15(16)13-18(17)20(19)14-7-3-4-8-14;/h3-7,9-12H,8H2,1-2H3;/q-1;. The van der Waals surface area contributed by atoms with Crippen molar-refractivity contribution >= 4 is 20.1 Å². The van der Waals surface area contributed by atoms with E-state index in [9.17, 15) is 0 Å². The Morgan fingerprint density at radius 1 is 1.00 bits per heavy atom. The van der Waals surface area contributed by atoms with E-state index in [-0.39, 0.29) is 18.6 Å². The van der Waals surface area contributed by atoms with E-state index in [1.807, 2.05) is 0 Å². The van der Waals surface area contributed by atoms with E-state index in [4.69, 9.17) is 0 Å². The molecule has 0 spiro atoms. The third-order valence-corrected chi connectivity index (χ3v) is 5.81. The van der Waals surface area contributed by atoms with Crippen molar-refractivity contribution in [3.63, 3.8) is 0 Å². The van der Waals surface area contributed by atoms with Gasteiger partial charge in [-0.05, 0) is 6.42 Å². The van der Waals surface area contributed by atoms with E-state index in [0.29, 0.717) is 0 Å². The van der Waals surface area contributed by atoms with E-state index >= 15 is 0 Å². The van der Waals surface area contributed by atoms with Crippen LogP contribution in [0.4, 0.5) is 0 Å². The molecule has 1 radical (unpaired) electrons. The molecule has 2 heteroatoms. The van der Waals surface area contributed by atoms with Gasteiger partial charge in [0.05, 0.1) is 0 Å². The first kappa shape index (κ1) is 15.5. The number of rotatable bonds is 1. The Morgan fingerprint density at radius 2 is 1.82 bits per heavy atom. The third kappa shape index (κ3) is 2.34. The van der Waals surface area contributed by atoms with Gasteiger partial charge in [-0.25, -0.2) is 0 Å². The summed E-state index contributed by atoms with van der Waals surface area (Å²) in [5.41, 5.74) is 4.22. The van der Waals surface area contributed by atoms with Gasteiger partial charge >= 0.3 is 0 Å². The van der Waals surface area contributed by atoms with Crippen molar-refractivity contribution in [1.29, 1.82) is 0 Å². The van der Waals surface area contributed by atoms with Gasteiger partial charge in [0.1, 0.15) is 0 Å². The molecule has 0 heterocycles. The van der Waals surface area contributed by atoms with Gasteiger partial charge in [0.15, 0.2) is 0 Å². The van der Waals surface area contributed by atoms with Gasteiger partial charge in [0.25, 0.3) is 0 Å². The van der Waals surface area contributed by atoms with Crippen LogP contribution in [0.5, 0.6) is 0 Å². The number of benzene rings is 2. The quantitative estimate of drug-likeness (QED) is 0.467. The zero-order valence-corrected chi connectivity index (χ0v) is 15.2. The molecule has 0 saturated carbocycles. The monoisotopic (exact) mass is 336 g/mol. The first-order chi connectivity index (χ1) is 10.3.